The Morgan fingerprint density at radius 3 is 2.41 bits per heavy atom. The number of rotatable bonds is 3. The van der Waals surface area contributed by atoms with Gasteiger partial charge in [-0.1, -0.05) is 6.92 Å². The molecule has 5 nitrogen and oxygen atoms in total. The van der Waals surface area contributed by atoms with Gasteiger partial charge in [-0.3, -0.25) is 4.79 Å². The van der Waals surface area contributed by atoms with Crippen LogP contribution in [0.15, 0.2) is 0 Å². The molecule has 1 aliphatic carbocycles. The SMILES string of the molecule is CC1CCC(OC2CCN(C(=O)C3COCCN3)CC2)CC1. The lowest BCUT2D eigenvalue weighted by molar-refractivity contribution is -0.140. The molecule has 0 aromatic heterocycles. The van der Waals surface area contributed by atoms with Gasteiger partial charge in [0.25, 0.3) is 0 Å². The lowest BCUT2D eigenvalue weighted by atomic mass is 9.88. The third-order valence-electron chi connectivity index (χ3n) is 5.32. The van der Waals surface area contributed by atoms with Gasteiger partial charge in [0.2, 0.25) is 5.91 Å². The van der Waals surface area contributed by atoms with Crippen molar-refractivity contribution in [2.75, 3.05) is 32.8 Å². The standard InChI is InChI=1S/C17H30N2O3/c1-13-2-4-14(5-3-13)22-15-6-9-19(10-7-15)17(20)16-12-21-11-8-18-16/h13-16,18H,2-12H2,1H3. The van der Waals surface area contributed by atoms with Crippen LogP contribution in [0.3, 0.4) is 0 Å². The highest BCUT2D eigenvalue weighted by Crippen LogP contribution is 2.28. The topological polar surface area (TPSA) is 50.8 Å². The molecule has 1 amide bonds. The zero-order valence-corrected chi connectivity index (χ0v) is 13.8. The first-order valence-electron chi connectivity index (χ1n) is 8.97. The third kappa shape index (κ3) is 4.21. The van der Waals surface area contributed by atoms with Crippen molar-refractivity contribution in [3.63, 3.8) is 0 Å². The summed E-state index contributed by atoms with van der Waals surface area (Å²) in [6.07, 6.45) is 7.78. The van der Waals surface area contributed by atoms with Crippen molar-refractivity contribution in [1.29, 1.82) is 0 Å². The Morgan fingerprint density at radius 2 is 1.77 bits per heavy atom. The van der Waals surface area contributed by atoms with Gasteiger partial charge >= 0.3 is 0 Å². The molecule has 2 aliphatic heterocycles. The Hall–Kier alpha value is -0.650. The maximum absolute atomic E-state index is 12.4. The van der Waals surface area contributed by atoms with E-state index in [1.165, 1.54) is 25.7 Å². The number of carbonyl (C=O) groups is 1. The molecule has 1 atom stereocenters. The summed E-state index contributed by atoms with van der Waals surface area (Å²) in [4.78, 5) is 14.4. The van der Waals surface area contributed by atoms with E-state index in [-0.39, 0.29) is 11.9 Å². The summed E-state index contributed by atoms with van der Waals surface area (Å²) in [5.41, 5.74) is 0. The lowest BCUT2D eigenvalue weighted by Crippen LogP contribution is -2.54. The number of ether oxygens (including phenoxy) is 2. The largest absolute Gasteiger partial charge is 0.378 e. The summed E-state index contributed by atoms with van der Waals surface area (Å²) in [7, 11) is 0. The molecule has 3 aliphatic rings. The fraction of sp³-hybridized carbons (Fsp3) is 0.941. The van der Waals surface area contributed by atoms with Crippen LogP contribution in [0.5, 0.6) is 0 Å². The van der Waals surface area contributed by atoms with Crippen LogP contribution in [0, 0.1) is 5.92 Å². The van der Waals surface area contributed by atoms with Gasteiger partial charge in [0, 0.05) is 19.6 Å². The van der Waals surface area contributed by atoms with Gasteiger partial charge in [-0.25, -0.2) is 0 Å². The molecule has 2 saturated heterocycles. The van der Waals surface area contributed by atoms with Crippen molar-refractivity contribution >= 4 is 5.91 Å². The minimum atomic E-state index is -0.147. The highest BCUT2D eigenvalue weighted by Gasteiger charge is 2.31. The zero-order chi connectivity index (χ0) is 15.4. The van der Waals surface area contributed by atoms with Crippen molar-refractivity contribution < 1.29 is 14.3 Å². The predicted molar refractivity (Wildman–Crippen MR) is 84.7 cm³/mol. The third-order valence-corrected chi connectivity index (χ3v) is 5.32. The maximum Gasteiger partial charge on any atom is 0.242 e. The van der Waals surface area contributed by atoms with Crippen molar-refractivity contribution in [3.05, 3.63) is 0 Å². The summed E-state index contributed by atoms with van der Waals surface area (Å²) in [6.45, 7) is 5.98. The minimum absolute atomic E-state index is 0.147. The van der Waals surface area contributed by atoms with Crippen LogP contribution in [0.25, 0.3) is 0 Å². The van der Waals surface area contributed by atoms with E-state index < -0.39 is 0 Å². The van der Waals surface area contributed by atoms with Crippen LogP contribution in [-0.2, 0) is 14.3 Å². The van der Waals surface area contributed by atoms with E-state index in [9.17, 15) is 4.79 Å². The second-order valence-corrected chi connectivity index (χ2v) is 7.12. The fourth-order valence-electron chi connectivity index (χ4n) is 3.79. The van der Waals surface area contributed by atoms with Crippen molar-refractivity contribution in [3.8, 4) is 0 Å². The van der Waals surface area contributed by atoms with E-state index in [1.54, 1.807) is 0 Å². The molecule has 126 valence electrons. The zero-order valence-electron chi connectivity index (χ0n) is 13.8. The Balaban J connectivity index is 1.39. The van der Waals surface area contributed by atoms with E-state index in [2.05, 4.69) is 12.2 Å². The number of carbonyl (C=O) groups excluding carboxylic acids is 1. The Labute approximate surface area is 133 Å². The molecular formula is C17H30N2O3. The first kappa shape index (κ1) is 16.2. The summed E-state index contributed by atoms with van der Waals surface area (Å²) >= 11 is 0. The molecule has 5 heteroatoms. The predicted octanol–water partition coefficient (Wildman–Crippen LogP) is 1.56. The van der Waals surface area contributed by atoms with E-state index in [0.717, 1.165) is 38.4 Å². The summed E-state index contributed by atoms with van der Waals surface area (Å²) < 4.78 is 11.7. The van der Waals surface area contributed by atoms with Gasteiger partial charge < -0.3 is 19.7 Å². The van der Waals surface area contributed by atoms with Crippen molar-refractivity contribution in [2.24, 2.45) is 5.92 Å². The van der Waals surface area contributed by atoms with E-state index >= 15 is 0 Å². The van der Waals surface area contributed by atoms with Gasteiger partial charge in [-0.05, 0) is 44.4 Å². The molecule has 1 unspecified atom stereocenters. The normalized spacial score (nSPS) is 34.6. The molecule has 3 fully saturated rings. The average molecular weight is 310 g/mol. The molecule has 0 aromatic rings. The van der Waals surface area contributed by atoms with Gasteiger partial charge in [-0.2, -0.15) is 0 Å². The molecular weight excluding hydrogens is 280 g/mol. The Kier molecular flexibility index (Phi) is 5.71. The summed E-state index contributed by atoms with van der Waals surface area (Å²) in [6, 6.07) is -0.147. The van der Waals surface area contributed by atoms with Crippen LogP contribution in [0.2, 0.25) is 0 Å². The molecule has 1 N–H and O–H groups in total. The smallest absolute Gasteiger partial charge is 0.242 e. The highest BCUT2D eigenvalue weighted by molar-refractivity contribution is 5.82. The second-order valence-electron chi connectivity index (χ2n) is 7.12. The number of piperidine rings is 1. The van der Waals surface area contributed by atoms with Crippen molar-refractivity contribution in [2.45, 2.75) is 63.7 Å². The molecule has 2 heterocycles. The lowest BCUT2D eigenvalue weighted by Gasteiger charge is -2.37. The van der Waals surface area contributed by atoms with Crippen LogP contribution in [0.4, 0.5) is 0 Å². The van der Waals surface area contributed by atoms with Crippen molar-refractivity contribution in [1.82, 2.24) is 10.2 Å². The Bertz CT molecular complexity index is 355. The molecule has 0 spiro atoms. The number of morpholine rings is 1. The molecule has 1 saturated carbocycles. The molecule has 22 heavy (non-hydrogen) atoms. The van der Waals surface area contributed by atoms with Crippen LogP contribution < -0.4 is 5.32 Å². The quantitative estimate of drug-likeness (QED) is 0.859. The number of nitrogens with zero attached hydrogens (tertiary/aromatic N) is 1. The highest BCUT2D eigenvalue weighted by atomic mass is 16.5. The van der Waals surface area contributed by atoms with E-state index in [4.69, 9.17) is 9.47 Å². The molecule has 0 aromatic carbocycles. The number of nitrogens with one attached hydrogen (secondary N) is 1. The second kappa shape index (κ2) is 7.75. The number of likely N-dealkylation sites (tertiary alicyclic amines) is 1. The van der Waals surface area contributed by atoms with Gasteiger partial charge in [0.15, 0.2) is 0 Å². The average Bonchev–Trinajstić information content (AvgIpc) is 2.58. The van der Waals surface area contributed by atoms with Crippen LogP contribution >= 0.6 is 0 Å². The van der Waals surface area contributed by atoms with Gasteiger partial charge in [-0.15, -0.1) is 0 Å². The van der Waals surface area contributed by atoms with E-state index in [1.807, 2.05) is 4.90 Å². The van der Waals surface area contributed by atoms with Crippen LogP contribution in [-0.4, -0.2) is 61.9 Å². The molecule has 0 radical (unpaired) electrons. The first-order chi connectivity index (χ1) is 10.7. The van der Waals surface area contributed by atoms with Crippen LogP contribution in [0.1, 0.15) is 45.4 Å². The fourth-order valence-corrected chi connectivity index (χ4v) is 3.79. The van der Waals surface area contributed by atoms with Gasteiger partial charge in [0.05, 0.1) is 25.4 Å². The molecule has 0 bridgehead atoms. The number of amides is 1. The van der Waals surface area contributed by atoms with Gasteiger partial charge in [0.1, 0.15) is 6.04 Å². The first-order valence-corrected chi connectivity index (χ1v) is 8.97. The molecule has 3 rings (SSSR count). The van der Waals surface area contributed by atoms with E-state index in [0.29, 0.717) is 25.4 Å². The summed E-state index contributed by atoms with van der Waals surface area (Å²) in [5, 5.41) is 3.25. The number of hydrogen-bond acceptors (Lipinski definition) is 4. The minimum Gasteiger partial charge on any atom is -0.378 e. The summed E-state index contributed by atoms with van der Waals surface area (Å²) in [5.74, 6) is 1.06. The monoisotopic (exact) mass is 310 g/mol. The number of hydrogen-bond donors (Lipinski definition) is 1. The maximum atomic E-state index is 12.4. The Morgan fingerprint density at radius 1 is 1.09 bits per heavy atom.